The van der Waals surface area contributed by atoms with E-state index in [-0.39, 0.29) is 16.8 Å². The highest BCUT2D eigenvalue weighted by molar-refractivity contribution is 7.92. The van der Waals surface area contributed by atoms with Crippen LogP contribution >= 0.6 is 0 Å². The van der Waals surface area contributed by atoms with E-state index in [1.165, 1.54) is 23.5 Å². The van der Waals surface area contributed by atoms with E-state index in [1.807, 2.05) is 56.3 Å². The summed E-state index contributed by atoms with van der Waals surface area (Å²) in [5.41, 5.74) is 2.86. The molecule has 0 heterocycles. The molecule has 0 aliphatic heterocycles. The lowest BCUT2D eigenvalue weighted by atomic mass is 10.0. The highest BCUT2D eigenvalue weighted by atomic mass is 32.2. The Bertz CT molecular complexity index is 1130. The van der Waals surface area contributed by atoms with Gasteiger partial charge in [0.25, 0.3) is 15.9 Å². The van der Waals surface area contributed by atoms with Crippen molar-refractivity contribution in [1.29, 1.82) is 0 Å². The summed E-state index contributed by atoms with van der Waals surface area (Å²) in [4.78, 5) is 12.9. The number of nitrogens with one attached hydrogen (secondary N) is 1. The summed E-state index contributed by atoms with van der Waals surface area (Å²) in [6.45, 7) is 3.90. The lowest BCUT2D eigenvalue weighted by Gasteiger charge is -2.21. The molecule has 0 aliphatic carbocycles. The van der Waals surface area contributed by atoms with Gasteiger partial charge in [-0.1, -0.05) is 55.5 Å². The molecule has 0 unspecified atom stereocenters. The van der Waals surface area contributed by atoms with Gasteiger partial charge in [0, 0.05) is 12.6 Å². The van der Waals surface area contributed by atoms with Crippen LogP contribution in [0.25, 0.3) is 0 Å². The van der Waals surface area contributed by atoms with Crippen LogP contribution in [-0.4, -0.2) is 21.4 Å². The second-order valence-electron chi connectivity index (χ2n) is 7.18. The van der Waals surface area contributed by atoms with Crippen LogP contribution in [0, 0.1) is 6.92 Å². The van der Waals surface area contributed by atoms with Crippen molar-refractivity contribution in [2.75, 3.05) is 11.4 Å². The summed E-state index contributed by atoms with van der Waals surface area (Å²) in [6.07, 6.45) is 0.726. The normalized spacial score (nSPS) is 12.2. The number of hydrogen-bond acceptors (Lipinski definition) is 3. The molecule has 1 N–H and O–H groups in total. The molecule has 0 radical (unpaired) electrons. The molecule has 30 heavy (non-hydrogen) atoms. The van der Waals surface area contributed by atoms with Crippen molar-refractivity contribution in [2.24, 2.45) is 0 Å². The highest BCUT2D eigenvalue weighted by Gasteiger charge is 2.23. The van der Waals surface area contributed by atoms with Crippen LogP contribution in [0.15, 0.2) is 83.8 Å². The van der Waals surface area contributed by atoms with Gasteiger partial charge in [-0.3, -0.25) is 9.10 Å². The number of aryl methyl sites for hydroxylation is 1. The quantitative estimate of drug-likeness (QED) is 0.600. The van der Waals surface area contributed by atoms with E-state index in [1.54, 1.807) is 24.3 Å². The Morgan fingerprint density at radius 3 is 2.33 bits per heavy atom. The number of carbonyl (C=O) groups excluding carboxylic acids is 1. The van der Waals surface area contributed by atoms with Crippen LogP contribution in [-0.2, 0) is 10.0 Å². The van der Waals surface area contributed by atoms with Crippen LogP contribution in [0.4, 0.5) is 5.69 Å². The third-order valence-electron chi connectivity index (χ3n) is 5.04. The Kier molecular flexibility index (Phi) is 6.57. The van der Waals surface area contributed by atoms with Crippen molar-refractivity contribution >= 4 is 21.6 Å². The number of rotatable bonds is 7. The lowest BCUT2D eigenvalue weighted by molar-refractivity contribution is 0.0935. The zero-order valence-corrected chi connectivity index (χ0v) is 18.2. The molecule has 3 aromatic rings. The summed E-state index contributed by atoms with van der Waals surface area (Å²) < 4.78 is 27.5. The first-order valence-electron chi connectivity index (χ1n) is 9.84. The number of hydrogen-bond donors (Lipinski definition) is 1. The summed E-state index contributed by atoms with van der Waals surface area (Å²) in [5.74, 6) is -0.305. The average Bonchev–Trinajstić information content (AvgIpc) is 2.77. The molecule has 3 aromatic carbocycles. The molecule has 0 fully saturated rings. The average molecular weight is 423 g/mol. The van der Waals surface area contributed by atoms with Gasteiger partial charge in [0.05, 0.1) is 16.6 Å². The first-order valence-corrected chi connectivity index (χ1v) is 11.3. The molecule has 0 saturated heterocycles. The van der Waals surface area contributed by atoms with Gasteiger partial charge in [-0.25, -0.2) is 8.42 Å². The molecule has 3 rings (SSSR count). The van der Waals surface area contributed by atoms with E-state index in [2.05, 4.69) is 5.32 Å². The fourth-order valence-electron chi connectivity index (χ4n) is 3.27. The maximum Gasteiger partial charge on any atom is 0.264 e. The van der Waals surface area contributed by atoms with Gasteiger partial charge in [0.1, 0.15) is 0 Å². The van der Waals surface area contributed by atoms with Crippen LogP contribution in [0.5, 0.6) is 0 Å². The summed E-state index contributed by atoms with van der Waals surface area (Å²) >= 11 is 0. The van der Waals surface area contributed by atoms with Gasteiger partial charge >= 0.3 is 0 Å². The Hall–Kier alpha value is -3.12. The van der Waals surface area contributed by atoms with Crippen molar-refractivity contribution < 1.29 is 13.2 Å². The number of nitrogens with zero attached hydrogens (tertiary/aromatic N) is 1. The number of sulfonamides is 1. The molecule has 0 aromatic heterocycles. The number of benzene rings is 3. The Morgan fingerprint density at radius 1 is 0.967 bits per heavy atom. The monoisotopic (exact) mass is 422 g/mol. The van der Waals surface area contributed by atoms with E-state index in [4.69, 9.17) is 0 Å². The van der Waals surface area contributed by atoms with Gasteiger partial charge in [0.15, 0.2) is 0 Å². The minimum atomic E-state index is -3.80. The molecule has 156 valence electrons. The zero-order chi connectivity index (χ0) is 21.7. The standard InChI is InChI=1S/C24H26N2O3S/c1-4-23(19-11-6-5-7-12-19)25-24(27)20-13-9-15-22(17-20)30(28,29)26(3)21-14-8-10-18(2)16-21/h5-17,23H,4H2,1-3H3,(H,25,27)/t23-/m1/s1. The van der Waals surface area contributed by atoms with Crippen LogP contribution in [0.1, 0.15) is 40.9 Å². The molecule has 1 amide bonds. The van der Waals surface area contributed by atoms with Crippen LogP contribution in [0.3, 0.4) is 0 Å². The summed E-state index contributed by atoms with van der Waals surface area (Å²) in [7, 11) is -2.28. The minimum absolute atomic E-state index is 0.0758. The number of carbonyl (C=O) groups is 1. The first-order chi connectivity index (χ1) is 14.3. The fourth-order valence-corrected chi connectivity index (χ4v) is 4.50. The van der Waals surface area contributed by atoms with Crippen LogP contribution < -0.4 is 9.62 Å². The predicted octanol–water partition coefficient (Wildman–Crippen LogP) is 4.70. The van der Waals surface area contributed by atoms with Crippen molar-refractivity contribution in [2.45, 2.75) is 31.2 Å². The van der Waals surface area contributed by atoms with Gasteiger partial charge in [-0.2, -0.15) is 0 Å². The summed E-state index contributed by atoms with van der Waals surface area (Å²) in [6, 6.07) is 23.0. The molecule has 5 nitrogen and oxygen atoms in total. The molecule has 0 saturated carbocycles. The molecule has 0 aliphatic rings. The third-order valence-corrected chi connectivity index (χ3v) is 6.82. The minimum Gasteiger partial charge on any atom is -0.345 e. The van der Waals surface area contributed by atoms with Gasteiger partial charge in [-0.05, 0) is 54.8 Å². The fraction of sp³-hybridized carbons (Fsp3) is 0.208. The first kappa shape index (κ1) is 21.6. The van der Waals surface area contributed by atoms with E-state index in [0.29, 0.717) is 11.3 Å². The van der Waals surface area contributed by atoms with Crippen molar-refractivity contribution in [3.63, 3.8) is 0 Å². The molecular weight excluding hydrogens is 396 g/mol. The molecule has 1 atom stereocenters. The van der Waals surface area contributed by atoms with Crippen LogP contribution in [0.2, 0.25) is 0 Å². The number of anilines is 1. The largest absolute Gasteiger partial charge is 0.345 e. The van der Waals surface area contributed by atoms with E-state index in [9.17, 15) is 13.2 Å². The summed E-state index contributed by atoms with van der Waals surface area (Å²) in [5, 5.41) is 3.00. The molecular formula is C24H26N2O3S. The van der Waals surface area contributed by atoms with Gasteiger partial charge < -0.3 is 5.32 Å². The van der Waals surface area contributed by atoms with Gasteiger partial charge in [0.2, 0.25) is 0 Å². The molecule has 0 bridgehead atoms. The Labute approximate surface area is 178 Å². The van der Waals surface area contributed by atoms with E-state index in [0.717, 1.165) is 17.5 Å². The smallest absolute Gasteiger partial charge is 0.264 e. The topological polar surface area (TPSA) is 66.5 Å². The molecule has 6 heteroatoms. The second-order valence-corrected chi connectivity index (χ2v) is 9.15. The van der Waals surface area contributed by atoms with E-state index < -0.39 is 10.0 Å². The Morgan fingerprint density at radius 2 is 1.67 bits per heavy atom. The maximum atomic E-state index is 13.1. The SMILES string of the molecule is CC[C@@H](NC(=O)c1cccc(S(=O)(=O)N(C)c2cccc(C)c2)c1)c1ccccc1. The van der Waals surface area contributed by atoms with Crippen molar-refractivity contribution in [3.05, 3.63) is 95.6 Å². The second kappa shape index (κ2) is 9.13. The van der Waals surface area contributed by atoms with Crippen molar-refractivity contribution in [1.82, 2.24) is 5.32 Å². The third kappa shape index (κ3) is 4.71. The zero-order valence-electron chi connectivity index (χ0n) is 17.4. The predicted molar refractivity (Wildman–Crippen MR) is 120 cm³/mol. The lowest BCUT2D eigenvalue weighted by Crippen LogP contribution is -2.29. The van der Waals surface area contributed by atoms with Crippen molar-refractivity contribution in [3.8, 4) is 0 Å². The number of amides is 1. The van der Waals surface area contributed by atoms with Gasteiger partial charge in [-0.15, -0.1) is 0 Å². The maximum absolute atomic E-state index is 13.1. The van der Waals surface area contributed by atoms with E-state index >= 15 is 0 Å². The molecule has 0 spiro atoms. The Balaban J connectivity index is 1.85. The highest BCUT2D eigenvalue weighted by Crippen LogP contribution is 2.24.